The van der Waals surface area contributed by atoms with E-state index < -0.39 is 11.6 Å². The van der Waals surface area contributed by atoms with Gasteiger partial charge in [0, 0.05) is 0 Å². The number of hydrogen-bond acceptors (Lipinski definition) is 6. The molecule has 3 amide bonds. The van der Waals surface area contributed by atoms with Crippen molar-refractivity contribution in [3.63, 3.8) is 0 Å². The quantitative estimate of drug-likeness (QED) is 0.537. The van der Waals surface area contributed by atoms with Crippen molar-refractivity contribution in [3.8, 4) is 11.7 Å². The number of carbonyl (C=O) groups is 2. The molecule has 1 N–H and O–H groups in total. The van der Waals surface area contributed by atoms with Gasteiger partial charge in [-0.25, -0.2) is 4.79 Å². The highest BCUT2D eigenvalue weighted by atomic mass is 16.4. The molecule has 5 rings (SSSR count). The van der Waals surface area contributed by atoms with Crippen LogP contribution in [0.2, 0.25) is 0 Å². The number of urea groups is 1. The number of fused-ring (bicyclic) bond motifs is 1. The molecule has 8 heteroatoms. The van der Waals surface area contributed by atoms with E-state index in [2.05, 4.69) is 15.5 Å². The van der Waals surface area contributed by atoms with Crippen LogP contribution < -0.4 is 5.32 Å². The summed E-state index contributed by atoms with van der Waals surface area (Å²) < 4.78 is 10.7. The molecule has 0 spiro atoms. The van der Waals surface area contributed by atoms with Gasteiger partial charge in [0.15, 0.2) is 5.76 Å². The van der Waals surface area contributed by atoms with Crippen molar-refractivity contribution < 1.29 is 18.4 Å². The molecule has 1 atom stereocenters. The number of furan rings is 1. The predicted octanol–water partition coefficient (Wildman–Crippen LogP) is 3.45. The number of aromatic nitrogens is 2. The molecule has 2 aromatic heterocycles. The normalized spacial score (nSPS) is 19.1. The minimum Gasteiger partial charge on any atom is -0.459 e. The third-order valence-electron chi connectivity index (χ3n) is 5.09. The minimum atomic E-state index is -1.18. The van der Waals surface area contributed by atoms with Crippen molar-refractivity contribution in [1.29, 1.82) is 0 Å². The van der Waals surface area contributed by atoms with Crippen LogP contribution in [-0.4, -0.2) is 27.0 Å². The van der Waals surface area contributed by atoms with Gasteiger partial charge in [-0.15, -0.1) is 10.2 Å². The highest BCUT2D eigenvalue weighted by Crippen LogP contribution is 2.32. The van der Waals surface area contributed by atoms with E-state index in [1.54, 1.807) is 19.1 Å². The summed E-state index contributed by atoms with van der Waals surface area (Å²) in [5.41, 5.74) is -0.468. The van der Waals surface area contributed by atoms with Gasteiger partial charge in [-0.2, -0.15) is 0 Å². The fourth-order valence-corrected chi connectivity index (χ4v) is 3.49. The van der Waals surface area contributed by atoms with E-state index in [1.807, 2.05) is 42.5 Å². The molecule has 29 heavy (non-hydrogen) atoms. The zero-order chi connectivity index (χ0) is 20.0. The Balaban J connectivity index is 1.43. The van der Waals surface area contributed by atoms with Gasteiger partial charge in [-0.05, 0) is 41.5 Å². The van der Waals surface area contributed by atoms with E-state index in [4.69, 9.17) is 8.83 Å². The van der Waals surface area contributed by atoms with Crippen LogP contribution in [0.1, 0.15) is 18.4 Å². The van der Waals surface area contributed by atoms with Gasteiger partial charge in [0.2, 0.25) is 5.89 Å². The first-order valence-corrected chi connectivity index (χ1v) is 9.04. The standard InChI is InChI=1S/C21H16N4O4/c1-21(15-9-8-13-5-2-3-6-14(13)11-15)19(26)25(20(27)22-21)12-17-23-24-18(29-17)16-7-4-10-28-16/h2-11H,12H2,1H3,(H,22,27). The average molecular weight is 388 g/mol. The van der Waals surface area contributed by atoms with Crippen molar-refractivity contribution >= 4 is 22.7 Å². The Hall–Kier alpha value is -3.94. The Kier molecular flexibility index (Phi) is 3.73. The highest BCUT2D eigenvalue weighted by Gasteiger charge is 2.49. The molecule has 0 saturated carbocycles. The molecule has 0 aliphatic carbocycles. The SMILES string of the molecule is CC1(c2ccc3ccccc3c2)NC(=O)N(Cc2nnc(-c3ccco3)o2)C1=O. The number of nitrogens with zero attached hydrogens (tertiary/aromatic N) is 3. The van der Waals surface area contributed by atoms with E-state index >= 15 is 0 Å². The molecule has 8 nitrogen and oxygen atoms in total. The molecule has 144 valence electrons. The lowest BCUT2D eigenvalue weighted by molar-refractivity contribution is -0.131. The van der Waals surface area contributed by atoms with Crippen LogP contribution in [0.4, 0.5) is 4.79 Å². The molecule has 0 radical (unpaired) electrons. The van der Waals surface area contributed by atoms with Crippen molar-refractivity contribution in [3.05, 3.63) is 72.3 Å². The first-order valence-electron chi connectivity index (χ1n) is 9.04. The maximum atomic E-state index is 13.1. The van der Waals surface area contributed by atoms with Crippen LogP contribution in [0.15, 0.2) is 69.7 Å². The van der Waals surface area contributed by atoms with Crippen molar-refractivity contribution in [2.45, 2.75) is 19.0 Å². The number of hydrogen-bond donors (Lipinski definition) is 1. The average Bonchev–Trinajstić information content (AvgIpc) is 3.46. The number of carbonyl (C=O) groups excluding carboxylic acids is 2. The van der Waals surface area contributed by atoms with Gasteiger partial charge in [0.1, 0.15) is 12.1 Å². The summed E-state index contributed by atoms with van der Waals surface area (Å²) >= 11 is 0. The van der Waals surface area contributed by atoms with E-state index in [1.165, 1.54) is 6.26 Å². The van der Waals surface area contributed by atoms with Crippen molar-refractivity contribution in [1.82, 2.24) is 20.4 Å². The monoisotopic (exact) mass is 388 g/mol. The van der Waals surface area contributed by atoms with Crippen LogP contribution in [-0.2, 0) is 16.9 Å². The molecule has 4 aromatic rings. The minimum absolute atomic E-state index is 0.123. The van der Waals surface area contributed by atoms with Crippen LogP contribution in [0.3, 0.4) is 0 Å². The lowest BCUT2D eigenvalue weighted by Gasteiger charge is -2.22. The number of imide groups is 1. The molecule has 0 bridgehead atoms. The Bertz CT molecular complexity index is 1230. The van der Waals surface area contributed by atoms with Gasteiger partial charge < -0.3 is 14.2 Å². The zero-order valence-corrected chi connectivity index (χ0v) is 15.5. The summed E-state index contributed by atoms with van der Waals surface area (Å²) in [6.07, 6.45) is 1.49. The highest BCUT2D eigenvalue weighted by molar-refractivity contribution is 6.07. The largest absolute Gasteiger partial charge is 0.459 e. The van der Waals surface area contributed by atoms with Crippen molar-refractivity contribution in [2.24, 2.45) is 0 Å². The van der Waals surface area contributed by atoms with Gasteiger partial charge in [0.25, 0.3) is 11.8 Å². The molecule has 1 aliphatic heterocycles. The van der Waals surface area contributed by atoms with Crippen LogP contribution in [0, 0.1) is 0 Å². The van der Waals surface area contributed by atoms with Crippen LogP contribution in [0.25, 0.3) is 22.4 Å². The maximum absolute atomic E-state index is 13.1. The molecule has 3 heterocycles. The van der Waals surface area contributed by atoms with Crippen molar-refractivity contribution in [2.75, 3.05) is 0 Å². The summed E-state index contributed by atoms with van der Waals surface area (Å²) in [7, 11) is 0. The molecular weight excluding hydrogens is 372 g/mol. The van der Waals surface area contributed by atoms with Crippen LogP contribution in [0.5, 0.6) is 0 Å². The predicted molar refractivity (Wildman–Crippen MR) is 102 cm³/mol. The smallest absolute Gasteiger partial charge is 0.325 e. The summed E-state index contributed by atoms with van der Waals surface area (Å²) in [4.78, 5) is 26.8. The van der Waals surface area contributed by atoms with E-state index in [0.717, 1.165) is 15.7 Å². The molecular formula is C21H16N4O4. The van der Waals surface area contributed by atoms with Gasteiger partial charge in [-0.1, -0.05) is 36.4 Å². The van der Waals surface area contributed by atoms with Crippen LogP contribution >= 0.6 is 0 Å². The summed E-state index contributed by atoms with van der Waals surface area (Å²) in [6, 6.07) is 16.4. The number of amides is 3. The first-order chi connectivity index (χ1) is 14.0. The van der Waals surface area contributed by atoms with E-state index in [9.17, 15) is 9.59 Å². The lowest BCUT2D eigenvalue weighted by atomic mass is 9.90. The number of rotatable bonds is 4. The first kappa shape index (κ1) is 17.2. The Morgan fingerprint density at radius 2 is 1.86 bits per heavy atom. The molecule has 1 fully saturated rings. The third-order valence-corrected chi connectivity index (χ3v) is 5.09. The summed E-state index contributed by atoms with van der Waals surface area (Å²) in [5.74, 6) is 0.370. The number of nitrogens with one attached hydrogen (secondary N) is 1. The summed E-state index contributed by atoms with van der Waals surface area (Å²) in [5, 5.41) is 12.7. The Morgan fingerprint density at radius 1 is 1.03 bits per heavy atom. The van der Waals surface area contributed by atoms with Gasteiger partial charge in [-0.3, -0.25) is 9.69 Å². The number of benzene rings is 2. The van der Waals surface area contributed by atoms with E-state index in [0.29, 0.717) is 11.3 Å². The second-order valence-electron chi connectivity index (χ2n) is 6.99. The zero-order valence-electron chi connectivity index (χ0n) is 15.5. The van der Waals surface area contributed by atoms with Gasteiger partial charge in [0.05, 0.1) is 6.26 Å². The fraction of sp³-hybridized carbons (Fsp3) is 0.143. The molecule has 1 saturated heterocycles. The second kappa shape index (κ2) is 6.30. The topological polar surface area (TPSA) is 101 Å². The summed E-state index contributed by atoms with van der Waals surface area (Å²) in [6.45, 7) is 1.57. The Morgan fingerprint density at radius 3 is 2.66 bits per heavy atom. The maximum Gasteiger partial charge on any atom is 0.325 e. The molecule has 1 unspecified atom stereocenters. The molecule has 1 aliphatic rings. The Labute approximate surface area is 165 Å². The fourth-order valence-electron chi connectivity index (χ4n) is 3.49. The van der Waals surface area contributed by atoms with E-state index in [-0.39, 0.29) is 24.2 Å². The third kappa shape index (κ3) is 2.77. The lowest BCUT2D eigenvalue weighted by Crippen LogP contribution is -2.40. The second-order valence-corrected chi connectivity index (χ2v) is 6.99. The van der Waals surface area contributed by atoms with Gasteiger partial charge >= 0.3 is 6.03 Å². The molecule has 2 aromatic carbocycles.